The van der Waals surface area contributed by atoms with Crippen LogP contribution in [-0.2, 0) is 26.1 Å². The zero-order chi connectivity index (χ0) is 23.4. The van der Waals surface area contributed by atoms with E-state index in [9.17, 15) is 18.0 Å². The van der Waals surface area contributed by atoms with Crippen LogP contribution < -0.4 is 10.9 Å². The molecule has 1 N–H and O–H groups in total. The van der Waals surface area contributed by atoms with Crippen LogP contribution in [0.4, 0.5) is 0 Å². The molecule has 0 aliphatic carbocycles. The van der Waals surface area contributed by atoms with Gasteiger partial charge < -0.3 is 10.1 Å². The third-order valence-corrected chi connectivity index (χ3v) is 8.24. The molecular weight excluding hydrogens is 446 g/mol. The number of ether oxygens (including phenoxy) is 1. The summed E-state index contributed by atoms with van der Waals surface area (Å²) in [6.45, 7) is 7.16. The van der Waals surface area contributed by atoms with Gasteiger partial charge in [-0.2, -0.15) is 4.31 Å². The molecule has 0 spiro atoms. The second-order valence-corrected chi connectivity index (χ2v) is 10.7. The van der Waals surface area contributed by atoms with Crippen molar-refractivity contribution in [3.8, 4) is 0 Å². The van der Waals surface area contributed by atoms with E-state index in [4.69, 9.17) is 4.74 Å². The van der Waals surface area contributed by atoms with Crippen molar-refractivity contribution in [3.05, 3.63) is 34.9 Å². The standard InChI is InChI=1S/C22H31N5O5S/c1-17-4-7-27(8-5-17)33(30,31)18-2-3-20-19(14-18)22(29)26(16-24-20)15-21(28)23-6-9-25-10-12-32-13-11-25/h2-3,14,16-17H,4-13,15H2,1H3,(H,23,28). The van der Waals surface area contributed by atoms with Crippen LogP contribution in [0.1, 0.15) is 19.8 Å². The van der Waals surface area contributed by atoms with Crippen LogP contribution in [-0.4, -0.2) is 85.6 Å². The number of amides is 1. The summed E-state index contributed by atoms with van der Waals surface area (Å²) in [5, 5.41) is 3.01. The van der Waals surface area contributed by atoms with E-state index in [1.807, 2.05) is 0 Å². The average molecular weight is 478 g/mol. The summed E-state index contributed by atoms with van der Waals surface area (Å²) in [7, 11) is -3.69. The maximum atomic E-state index is 13.1. The van der Waals surface area contributed by atoms with Gasteiger partial charge in [0, 0.05) is 39.3 Å². The minimum absolute atomic E-state index is 0.0798. The molecule has 2 aliphatic rings. The number of nitrogens with zero attached hydrogens (tertiary/aromatic N) is 4. The molecule has 2 aromatic rings. The molecule has 10 nitrogen and oxygen atoms in total. The Bertz CT molecular complexity index is 1150. The van der Waals surface area contributed by atoms with E-state index < -0.39 is 15.6 Å². The minimum Gasteiger partial charge on any atom is -0.379 e. The smallest absolute Gasteiger partial charge is 0.261 e. The molecule has 0 atom stereocenters. The molecule has 2 fully saturated rings. The fraction of sp³-hybridized carbons (Fsp3) is 0.591. The van der Waals surface area contributed by atoms with Crippen LogP contribution in [0.2, 0.25) is 0 Å². The van der Waals surface area contributed by atoms with Gasteiger partial charge in [-0.3, -0.25) is 19.1 Å². The fourth-order valence-electron chi connectivity index (χ4n) is 4.17. The molecule has 0 bridgehead atoms. The van der Waals surface area contributed by atoms with Crippen LogP contribution in [0.15, 0.2) is 34.2 Å². The van der Waals surface area contributed by atoms with Gasteiger partial charge >= 0.3 is 0 Å². The lowest BCUT2D eigenvalue weighted by Crippen LogP contribution is -2.42. The molecular formula is C22H31N5O5S. The number of benzene rings is 1. The first-order valence-corrected chi connectivity index (χ1v) is 12.8. The Labute approximate surface area is 193 Å². The van der Waals surface area contributed by atoms with Crippen LogP contribution in [0, 0.1) is 5.92 Å². The van der Waals surface area contributed by atoms with Crippen molar-refractivity contribution < 1.29 is 17.9 Å². The number of carbonyl (C=O) groups excluding carboxylic acids is 1. The van der Waals surface area contributed by atoms with Crippen molar-refractivity contribution in [3.63, 3.8) is 0 Å². The van der Waals surface area contributed by atoms with E-state index in [0.717, 1.165) is 32.5 Å². The first-order valence-electron chi connectivity index (χ1n) is 11.4. The van der Waals surface area contributed by atoms with Crippen molar-refractivity contribution in [2.45, 2.75) is 31.2 Å². The summed E-state index contributed by atoms with van der Waals surface area (Å²) >= 11 is 0. The molecule has 4 rings (SSSR count). The number of morpholine rings is 1. The zero-order valence-electron chi connectivity index (χ0n) is 18.9. The largest absolute Gasteiger partial charge is 0.379 e. The summed E-state index contributed by atoms with van der Waals surface area (Å²) in [5.74, 6) is 0.210. The number of hydrogen-bond donors (Lipinski definition) is 1. The molecule has 0 saturated carbocycles. The molecule has 11 heteroatoms. The third kappa shape index (κ3) is 5.60. The number of aromatic nitrogens is 2. The van der Waals surface area contributed by atoms with Gasteiger partial charge in [0.2, 0.25) is 15.9 Å². The molecule has 0 radical (unpaired) electrons. The van der Waals surface area contributed by atoms with Gasteiger partial charge in [-0.1, -0.05) is 6.92 Å². The monoisotopic (exact) mass is 477 g/mol. The van der Waals surface area contributed by atoms with Crippen LogP contribution in [0.3, 0.4) is 0 Å². The molecule has 1 aromatic carbocycles. The number of carbonyl (C=O) groups is 1. The highest BCUT2D eigenvalue weighted by Crippen LogP contribution is 2.24. The van der Waals surface area contributed by atoms with Crippen LogP contribution >= 0.6 is 0 Å². The number of nitrogens with one attached hydrogen (secondary N) is 1. The van der Waals surface area contributed by atoms with Gasteiger partial charge in [0.05, 0.1) is 35.3 Å². The quantitative estimate of drug-likeness (QED) is 0.609. The molecule has 2 aliphatic heterocycles. The first kappa shape index (κ1) is 23.8. The summed E-state index contributed by atoms with van der Waals surface area (Å²) in [5.41, 5.74) is -0.0390. The Hall–Kier alpha value is -2.34. The van der Waals surface area contributed by atoms with E-state index in [1.165, 1.54) is 27.3 Å². The molecule has 0 unspecified atom stereocenters. The predicted molar refractivity (Wildman–Crippen MR) is 123 cm³/mol. The lowest BCUT2D eigenvalue weighted by molar-refractivity contribution is -0.121. The average Bonchev–Trinajstić information content (AvgIpc) is 2.82. The van der Waals surface area contributed by atoms with Crippen molar-refractivity contribution in [1.82, 2.24) is 24.1 Å². The number of fused-ring (bicyclic) bond motifs is 1. The van der Waals surface area contributed by atoms with Crippen molar-refractivity contribution in [2.75, 3.05) is 52.5 Å². The summed E-state index contributed by atoms with van der Waals surface area (Å²) < 4.78 is 34.2. The molecule has 33 heavy (non-hydrogen) atoms. The van der Waals surface area contributed by atoms with E-state index in [-0.39, 0.29) is 22.7 Å². The van der Waals surface area contributed by atoms with Crippen LogP contribution in [0.5, 0.6) is 0 Å². The molecule has 1 amide bonds. The second-order valence-electron chi connectivity index (χ2n) is 8.75. The first-order chi connectivity index (χ1) is 15.8. The van der Waals surface area contributed by atoms with Gasteiger partial charge in [-0.05, 0) is 37.0 Å². The van der Waals surface area contributed by atoms with Gasteiger partial charge in [0.25, 0.3) is 5.56 Å². The predicted octanol–water partition coefficient (Wildman–Crippen LogP) is 0.266. The fourth-order valence-corrected chi connectivity index (χ4v) is 5.67. The minimum atomic E-state index is -3.69. The van der Waals surface area contributed by atoms with Crippen molar-refractivity contribution >= 4 is 26.8 Å². The molecule has 3 heterocycles. The Morgan fingerprint density at radius 3 is 2.64 bits per heavy atom. The van der Waals surface area contributed by atoms with E-state index in [0.29, 0.717) is 44.3 Å². The Kier molecular flexibility index (Phi) is 7.42. The van der Waals surface area contributed by atoms with E-state index >= 15 is 0 Å². The Morgan fingerprint density at radius 2 is 1.91 bits per heavy atom. The maximum Gasteiger partial charge on any atom is 0.261 e. The normalized spacial score (nSPS) is 19.1. The van der Waals surface area contributed by atoms with Gasteiger partial charge in [-0.15, -0.1) is 0 Å². The Morgan fingerprint density at radius 1 is 1.18 bits per heavy atom. The maximum absolute atomic E-state index is 13.1. The summed E-state index contributed by atoms with van der Waals surface area (Å²) in [4.78, 5) is 31.9. The van der Waals surface area contributed by atoms with Gasteiger partial charge in [0.1, 0.15) is 6.54 Å². The highest BCUT2D eigenvalue weighted by Gasteiger charge is 2.28. The number of hydrogen-bond acceptors (Lipinski definition) is 7. The number of piperidine rings is 1. The van der Waals surface area contributed by atoms with Gasteiger partial charge in [-0.25, -0.2) is 13.4 Å². The van der Waals surface area contributed by atoms with Crippen molar-refractivity contribution in [2.24, 2.45) is 5.92 Å². The Balaban J connectivity index is 1.46. The van der Waals surface area contributed by atoms with E-state index in [2.05, 4.69) is 22.1 Å². The highest BCUT2D eigenvalue weighted by molar-refractivity contribution is 7.89. The SMILES string of the molecule is CC1CCN(S(=O)(=O)c2ccc3ncn(CC(=O)NCCN4CCOCC4)c(=O)c3c2)CC1. The van der Waals surface area contributed by atoms with Crippen molar-refractivity contribution in [1.29, 1.82) is 0 Å². The molecule has 1 aromatic heterocycles. The highest BCUT2D eigenvalue weighted by atomic mass is 32.2. The summed E-state index contributed by atoms with van der Waals surface area (Å²) in [6.07, 6.45) is 2.97. The second kappa shape index (κ2) is 10.3. The summed E-state index contributed by atoms with van der Waals surface area (Å²) in [6, 6.07) is 4.42. The number of sulfonamides is 1. The lowest BCUT2D eigenvalue weighted by Gasteiger charge is -2.29. The van der Waals surface area contributed by atoms with E-state index in [1.54, 1.807) is 6.07 Å². The molecule has 180 valence electrons. The third-order valence-electron chi connectivity index (χ3n) is 6.34. The topological polar surface area (TPSA) is 114 Å². The number of rotatable bonds is 7. The van der Waals surface area contributed by atoms with Crippen LogP contribution in [0.25, 0.3) is 10.9 Å². The molecule has 2 saturated heterocycles. The zero-order valence-corrected chi connectivity index (χ0v) is 19.7. The lowest BCUT2D eigenvalue weighted by atomic mass is 10.0. The van der Waals surface area contributed by atoms with Gasteiger partial charge in [0.15, 0.2) is 0 Å².